The van der Waals surface area contributed by atoms with Crippen LogP contribution in [0.15, 0.2) is 12.1 Å². The van der Waals surface area contributed by atoms with Crippen LogP contribution in [-0.2, 0) is 9.53 Å². The molecule has 6 nitrogen and oxygen atoms in total. The standard InChI is InChI=1S/C14H19N3O3/c1-9-12(14(19)20-3)4-5-13(15-9)16-11-6-7-17(8-11)10(2)18/h4-5,11H,6-8H2,1-3H3,(H,15,16). The summed E-state index contributed by atoms with van der Waals surface area (Å²) in [5.41, 5.74) is 1.10. The largest absolute Gasteiger partial charge is 0.465 e. The molecule has 1 saturated heterocycles. The van der Waals surface area contributed by atoms with Crippen molar-refractivity contribution in [2.75, 3.05) is 25.5 Å². The lowest BCUT2D eigenvalue weighted by molar-refractivity contribution is -0.127. The van der Waals surface area contributed by atoms with Gasteiger partial charge in [-0.05, 0) is 25.5 Å². The number of aryl methyl sites for hydroxylation is 1. The van der Waals surface area contributed by atoms with Crippen molar-refractivity contribution in [3.05, 3.63) is 23.4 Å². The Labute approximate surface area is 118 Å². The molecule has 1 atom stereocenters. The van der Waals surface area contributed by atoms with E-state index in [1.54, 1.807) is 26.0 Å². The lowest BCUT2D eigenvalue weighted by atomic mass is 10.2. The van der Waals surface area contributed by atoms with E-state index in [1.807, 2.05) is 4.90 Å². The number of ether oxygens (including phenoxy) is 1. The molecule has 1 aliphatic heterocycles. The number of nitrogens with zero attached hydrogens (tertiary/aromatic N) is 2. The molecule has 1 unspecified atom stereocenters. The molecular formula is C14H19N3O3. The summed E-state index contributed by atoms with van der Waals surface area (Å²) in [5.74, 6) is 0.426. The number of nitrogens with one attached hydrogen (secondary N) is 1. The third-order valence-corrected chi connectivity index (χ3v) is 3.48. The minimum Gasteiger partial charge on any atom is -0.465 e. The summed E-state index contributed by atoms with van der Waals surface area (Å²) < 4.78 is 4.69. The maximum Gasteiger partial charge on any atom is 0.339 e. The van der Waals surface area contributed by atoms with E-state index in [1.165, 1.54) is 7.11 Å². The Kier molecular flexibility index (Phi) is 4.22. The zero-order valence-corrected chi connectivity index (χ0v) is 12.0. The van der Waals surface area contributed by atoms with Crippen molar-refractivity contribution >= 4 is 17.7 Å². The first-order valence-electron chi connectivity index (χ1n) is 6.59. The average Bonchev–Trinajstić information content (AvgIpc) is 2.87. The smallest absolute Gasteiger partial charge is 0.339 e. The van der Waals surface area contributed by atoms with E-state index in [4.69, 9.17) is 0 Å². The second kappa shape index (κ2) is 5.90. The molecule has 1 aliphatic rings. The molecule has 1 fully saturated rings. The van der Waals surface area contributed by atoms with E-state index in [9.17, 15) is 9.59 Å². The van der Waals surface area contributed by atoms with Crippen molar-refractivity contribution < 1.29 is 14.3 Å². The number of hydrogen-bond acceptors (Lipinski definition) is 5. The first kappa shape index (κ1) is 14.3. The highest BCUT2D eigenvalue weighted by molar-refractivity contribution is 5.90. The van der Waals surface area contributed by atoms with Crippen LogP contribution in [-0.4, -0.2) is 48.0 Å². The predicted molar refractivity (Wildman–Crippen MR) is 74.6 cm³/mol. The topological polar surface area (TPSA) is 71.5 Å². The van der Waals surface area contributed by atoms with E-state index < -0.39 is 0 Å². The van der Waals surface area contributed by atoms with Crippen LogP contribution in [0.4, 0.5) is 5.82 Å². The molecule has 20 heavy (non-hydrogen) atoms. The second-order valence-electron chi connectivity index (χ2n) is 4.92. The number of carbonyl (C=O) groups is 2. The zero-order chi connectivity index (χ0) is 14.7. The van der Waals surface area contributed by atoms with Crippen molar-refractivity contribution in [2.24, 2.45) is 0 Å². The third-order valence-electron chi connectivity index (χ3n) is 3.48. The summed E-state index contributed by atoms with van der Waals surface area (Å²) in [7, 11) is 1.35. The van der Waals surface area contributed by atoms with Gasteiger partial charge in [0.05, 0.1) is 18.4 Å². The molecular weight excluding hydrogens is 258 g/mol. The summed E-state index contributed by atoms with van der Waals surface area (Å²) >= 11 is 0. The van der Waals surface area contributed by atoms with E-state index in [-0.39, 0.29) is 17.9 Å². The first-order chi connectivity index (χ1) is 9.51. The van der Waals surface area contributed by atoms with E-state index in [2.05, 4.69) is 15.0 Å². The summed E-state index contributed by atoms with van der Waals surface area (Å²) in [5, 5.41) is 3.29. The molecule has 0 aliphatic carbocycles. The highest BCUT2D eigenvalue weighted by atomic mass is 16.5. The van der Waals surface area contributed by atoms with Crippen LogP contribution in [0.25, 0.3) is 0 Å². The molecule has 0 spiro atoms. The lowest BCUT2D eigenvalue weighted by Crippen LogP contribution is -2.29. The fraction of sp³-hybridized carbons (Fsp3) is 0.500. The van der Waals surface area contributed by atoms with Gasteiger partial charge in [0.25, 0.3) is 0 Å². The van der Waals surface area contributed by atoms with Crippen LogP contribution in [0.3, 0.4) is 0 Å². The van der Waals surface area contributed by atoms with Crippen LogP contribution in [0.2, 0.25) is 0 Å². The SMILES string of the molecule is COC(=O)c1ccc(NC2CCN(C(C)=O)C2)nc1C. The molecule has 0 radical (unpaired) electrons. The van der Waals surface area contributed by atoms with Crippen molar-refractivity contribution in [1.82, 2.24) is 9.88 Å². The highest BCUT2D eigenvalue weighted by Crippen LogP contribution is 2.16. The molecule has 1 aromatic rings. The Morgan fingerprint density at radius 3 is 2.75 bits per heavy atom. The molecule has 108 valence electrons. The Morgan fingerprint density at radius 1 is 1.45 bits per heavy atom. The molecule has 0 aromatic carbocycles. The van der Waals surface area contributed by atoms with Crippen molar-refractivity contribution in [3.8, 4) is 0 Å². The van der Waals surface area contributed by atoms with Gasteiger partial charge in [-0.15, -0.1) is 0 Å². The van der Waals surface area contributed by atoms with Gasteiger partial charge in [0.1, 0.15) is 5.82 Å². The minimum absolute atomic E-state index is 0.0967. The van der Waals surface area contributed by atoms with Gasteiger partial charge in [0, 0.05) is 26.1 Å². The number of amides is 1. The number of pyridine rings is 1. The molecule has 1 amide bonds. The quantitative estimate of drug-likeness (QED) is 0.841. The molecule has 0 saturated carbocycles. The first-order valence-corrected chi connectivity index (χ1v) is 6.59. The van der Waals surface area contributed by atoms with Crippen LogP contribution in [0.1, 0.15) is 29.4 Å². The summed E-state index contributed by atoms with van der Waals surface area (Å²) in [6.45, 7) is 4.81. The maximum absolute atomic E-state index is 11.5. The van der Waals surface area contributed by atoms with E-state index >= 15 is 0 Å². The normalized spacial score (nSPS) is 17.9. The van der Waals surface area contributed by atoms with Gasteiger partial charge >= 0.3 is 5.97 Å². The van der Waals surface area contributed by atoms with Crippen molar-refractivity contribution in [3.63, 3.8) is 0 Å². The van der Waals surface area contributed by atoms with E-state index in [0.29, 0.717) is 23.6 Å². The monoisotopic (exact) mass is 277 g/mol. The van der Waals surface area contributed by atoms with Crippen LogP contribution in [0, 0.1) is 6.92 Å². The Bertz CT molecular complexity index is 530. The van der Waals surface area contributed by atoms with Gasteiger partial charge < -0.3 is 15.0 Å². The van der Waals surface area contributed by atoms with Crippen LogP contribution < -0.4 is 5.32 Å². The van der Waals surface area contributed by atoms with Crippen LogP contribution in [0.5, 0.6) is 0 Å². The van der Waals surface area contributed by atoms with Gasteiger partial charge in [-0.25, -0.2) is 9.78 Å². The lowest BCUT2D eigenvalue weighted by Gasteiger charge is -2.16. The van der Waals surface area contributed by atoms with Crippen molar-refractivity contribution in [1.29, 1.82) is 0 Å². The number of methoxy groups -OCH3 is 1. The number of likely N-dealkylation sites (tertiary alicyclic amines) is 1. The third kappa shape index (κ3) is 3.07. The molecule has 2 rings (SSSR count). The average molecular weight is 277 g/mol. The minimum atomic E-state index is -0.384. The number of esters is 1. The summed E-state index contributed by atoms with van der Waals surface area (Å²) in [6.07, 6.45) is 0.902. The van der Waals surface area contributed by atoms with Crippen LogP contribution >= 0.6 is 0 Å². The fourth-order valence-electron chi connectivity index (χ4n) is 2.34. The number of aromatic nitrogens is 1. The fourth-order valence-corrected chi connectivity index (χ4v) is 2.34. The zero-order valence-electron chi connectivity index (χ0n) is 12.0. The molecule has 0 bridgehead atoms. The molecule has 1 N–H and O–H groups in total. The Hall–Kier alpha value is -2.11. The number of anilines is 1. The Morgan fingerprint density at radius 2 is 2.20 bits per heavy atom. The van der Waals surface area contributed by atoms with Gasteiger partial charge in [0.2, 0.25) is 5.91 Å². The van der Waals surface area contributed by atoms with Gasteiger partial charge in [-0.2, -0.15) is 0 Å². The van der Waals surface area contributed by atoms with Gasteiger partial charge in [-0.3, -0.25) is 4.79 Å². The Balaban J connectivity index is 2.03. The van der Waals surface area contributed by atoms with Gasteiger partial charge in [0.15, 0.2) is 0 Å². The maximum atomic E-state index is 11.5. The second-order valence-corrected chi connectivity index (χ2v) is 4.92. The molecule has 6 heteroatoms. The molecule has 2 heterocycles. The molecule has 1 aromatic heterocycles. The van der Waals surface area contributed by atoms with Crippen molar-refractivity contribution in [2.45, 2.75) is 26.3 Å². The number of hydrogen-bond donors (Lipinski definition) is 1. The number of rotatable bonds is 3. The van der Waals surface area contributed by atoms with Gasteiger partial charge in [-0.1, -0.05) is 0 Å². The highest BCUT2D eigenvalue weighted by Gasteiger charge is 2.24. The summed E-state index contributed by atoms with van der Waals surface area (Å²) in [6, 6.07) is 3.67. The predicted octanol–water partition coefficient (Wildman–Crippen LogP) is 1.21. The van der Waals surface area contributed by atoms with E-state index in [0.717, 1.165) is 13.0 Å². The number of carbonyl (C=O) groups excluding carboxylic acids is 2. The summed E-state index contributed by atoms with van der Waals surface area (Å²) in [4.78, 5) is 28.9.